The van der Waals surface area contributed by atoms with Crippen molar-refractivity contribution in [1.82, 2.24) is 62.7 Å². The van der Waals surface area contributed by atoms with Gasteiger partial charge in [0.25, 0.3) is 0 Å². The Hall–Kier alpha value is -11.1. The van der Waals surface area contributed by atoms with Crippen molar-refractivity contribution in [3.05, 3.63) is 228 Å². The minimum Gasteiger partial charge on any atom is -0.381 e. The van der Waals surface area contributed by atoms with Crippen LogP contribution in [0.5, 0.6) is 0 Å². The standard InChI is InChI=1S/C30H30FN5.C27H26N6.C26H25N7/c31-24-6-4-21(5-7-24)22-15-28-29-32-11-13-36(29)27-9-8-26(14-23(27)17-34(28)16-22)33-12-10-30(18-33)19-35(20-30)25-2-1-3-25;1-18-14-29-27-26-12-21(20-5-3-19(13-28)4-6-20)15-32(26)16-22-11-23(7-8-25(22)33(18)27)30-24-9-10-31(2)17-24;1-28-13-19-8-9-31(14-19)23-6-7-24-22(10-23)16-32-15-21(20-4-2-18(12-27)3-5-20)11-25(32)26-30-29-17-33(24)26/h4-9,11,13-16,25H,1-3,10,12,17-20H2;3-8,11-12,14-15,24,30H,9-10,16-17H2,1-2H3;2-7,10-11,15,17,19,28H,8-9,13-14,16H2,1H3/t;;19-/m..1/s1. The molecule has 7 aliphatic heterocycles. The Bertz CT molecular complexity index is 5230. The summed E-state index contributed by atoms with van der Waals surface area (Å²) in [5.74, 6) is 3.24. The first-order chi connectivity index (χ1) is 50.0. The number of anilines is 3. The fraction of sp³-hybridized carbons (Fsp3) is 0.301. The average Bonchev–Trinajstić information content (AvgIpc) is 1.62. The number of nitriles is 2. The molecule has 6 aromatic carbocycles. The number of rotatable bonds is 10. The van der Waals surface area contributed by atoms with Crippen molar-refractivity contribution in [3.8, 4) is 97.1 Å². The van der Waals surface area contributed by atoms with Crippen molar-refractivity contribution in [2.45, 2.75) is 77.2 Å². The number of imidazole rings is 2. The van der Waals surface area contributed by atoms with E-state index in [0.29, 0.717) is 28.5 Å². The van der Waals surface area contributed by atoms with Crippen molar-refractivity contribution in [2.75, 3.05) is 88.1 Å². The number of nitrogens with one attached hydrogen (secondary N) is 2. The highest BCUT2D eigenvalue weighted by Crippen LogP contribution is 2.46. The minimum atomic E-state index is -0.210. The van der Waals surface area contributed by atoms with Crippen LogP contribution < -0.4 is 20.4 Å². The summed E-state index contributed by atoms with van der Waals surface area (Å²) in [5, 5.41) is 34.0. The van der Waals surface area contributed by atoms with Gasteiger partial charge in [-0.15, -0.1) is 10.2 Å². The summed E-state index contributed by atoms with van der Waals surface area (Å²) < 4.78 is 26.9. The summed E-state index contributed by atoms with van der Waals surface area (Å²) in [7, 11) is 4.21. The van der Waals surface area contributed by atoms with Crippen LogP contribution in [0, 0.1) is 46.7 Å². The van der Waals surface area contributed by atoms with E-state index in [1.807, 2.05) is 80.1 Å². The maximum atomic E-state index is 13.5. The van der Waals surface area contributed by atoms with Crippen molar-refractivity contribution in [2.24, 2.45) is 11.3 Å². The van der Waals surface area contributed by atoms with E-state index in [0.717, 1.165) is 144 Å². The van der Waals surface area contributed by atoms with Gasteiger partial charge in [0.05, 0.1) is 57.4 Å². The van der Waals surface area contributed by atoms with E-state index in [9.17, 15) is 4.39 Å². The molecule has 12 aromatic rings. The van der Waals surface area contributed by atoms with Gasteiger partial charge in [0.15, 0.2) is 17.5 Å². The second kappa shape index (κ2) is 25.8. The Kier molecular flexibility index (Phi) is 16.0. The van der Waals surface area contributed by atoms with Crippen LogP contribution in [-0.4, -0.2) is 142 Å². The van der Waals surface area contributed by atoms with Gasteiger partial charge in [0.1, 0.15) is 12.1 Å². The van der Waals surface area contributed by atoms with Crippen LogP contribution in [0.1, 0.15) is 72.0 Å². The van der Waals surface area contributed by atoms with Gasteiger partial charge >= 0.3 is 0 Å². The number of halogens is 1. The number of nitrogens with zero attached hydrogens (tertiary/aromatic N) is 16. The van der Waals surface area contributed by atoms with Crippen LogP contribution in [-0.2, 0) is 19.6 Å². The monoisotopic (exact) mass is 1350 g/mol. The molecule has 2 N–H and O–H groups in total. The van der Waals surface area contributed by atoms with E-state index in [2.05, 4.69) is 192 Å². The van der Waals surface area contributed by atoms with Crippen LogP contribution in [0.3, 0.4) is 0 Å². The zero-order valence-electron chi connectivity index (χ0n) is 57.9. The molecule has 4 saturated heterocycles. The third kappa shape index (κ3) is 11.6. The van der Waals surface area contributed by atoms with E-state index in [-0.39, 0.29) is 5.82 Å². The number of benzene rings is 6. The molecule has 18 nitrogen and oxygen atoms in total. The molecule has 510 valence electrons. The molecular weight excluding hydrogens is 1270 g/mol. The zero-order chi connectivity index (χ0) is 68.7. The van der Waals surface area contributed by atoms with Crippen LogP contribution in [0.15, 0.2) is 189 Å². The van der Waals surface area contributed by atoms with Gasteiger partial charge in [-0.3, -0.25) is 18.6 Å². The molecule has 0 radical (unpaired) electrons. The highest BCUT2D eigenvalue weighted by molar-refractivity contribution is 5.76. The molecule has 6 aromatic heterocycles. The Labute approximate surface area is 593 Å². The van der Waals surface area contributed by atoms with Gasteiger partial charge in [0.2, 0.25) is 0 Å². The highest BCUT2D eigenvalue weighted by atomic mass is 19.1. The topological polar surface area (TPSA) is 166 Å². The summed E-state index contributed by atoms with van der Waals surface area (Å²) in [6, 6.07) is 55.0. The molecule has 0 amide bonds. The lowest BCUT2D eigenvalue weighted by atomic mass is 9.75. The van der Waals surface area contributed by atoms with E-state index < -0.39 is 0 Å². The lowest BCUT2D eigenvalue weighted by Crippen LogP contribution is -2.62. The van der Waals surface area contributed by atoms with Crippen LogP contribution in [0.25, 0.3) is 85.0 Å². The van der Waals surface area contributed by atoms with Crippen molar-refractivity contribution < 1.29 is 4.39 Å². The third-order valence-corrected chi connectivity index (χ3v) is 22.7. The van der Waals surface area contributed by atoms with E-state index >= 15 is 0 Å². The first-order valence-corrected chi connectivity index (χ1v) is 36.1. The molecule has 1 unspecified atom stereocenters. The fourth-order valence-corrected chi connectivity index (χ4v) is 17.2. The van der Waals surface area contributed by atoms with Crippen LogP contribution in [0.2, 0.25) is 0 Å². The van der Waals surface area contributed by atoms with Gasteiger partial charge in [-0.2, -0.15) is 10.5 Å². The maximum Gasteiger partial charge on any atom is 0.185 e. The number of aryl methyl sites for hydroxylation is 1. The van der Waals surface area contributed by atoms with Gasteiger partial charge in [-0.05, 0) is 215 Å². The molecular formula is C83H81FN18. The molecule has 20 rings (SSSR count). The Balaban J connectivity index is 0.000000110. The molecule has 102 heavy (non-hydrogen) atoms. The smallest absolute Gasteiger partial charge is 0.185 e. The third-order valence-electron chi connectivity index (χ3n) is 22.7. The number of likely N-dealkylation sites (N-methyl/N-ethyl adjacent to an activating group) is 1. The summed E-state index contributed by atoms with van der Waals surface area (Å²) in [6.45, 7) is 14.8. The van der Waals surface area contributed by atoms with Gasteiger partial charge in [0, 0.05) is 160 Å². The molecule has 5 fully saturated rings. The quantitative estimate of drug-likeness (QED) is 0.133. The van der Waals surface area contributed by atoms with Crippen molar-refractivity contribution in [1.29, 1.82) is 10.5 Å². The Morgan fingerprint density at radius 1 is 0.578 bits per heavy atom. The number of fused-ring (bicyclic) bond motifs is 15. The summed E-state index contributed by atoms with van der Waals surface area (Å²) >= 11 is 0. The molecule has 1 aliphatic carbocycles. The summed E-state index contributed by atoms with van der Waals surface area (Å²) in [6.07, 6.45) is 22.2. The summed E-state index contributed by atoms with van der Waals surface area (Å²) in [5.41, 5.74) is 23.9. The fourth-order valence-electron chi connectivity index (χ4n) is 17.2. The lowest BCUT2D eigenvalue weighted by Gasteiger charge is -2.54. The molecule has 13 heterocycles. The van der Waals surface area contributed by atoms with Gasteiger partial charge < -0.3 is 39.0 Å². The first kappa shape index (κ1) is 63.1. The highest BCUT2D eigenvalue weighted by Gasteiger charge is 2.50. The van der Waals surface area contributed by atoms with Crippen LogP contribution >= 0.6 is 0 Å². The summed E-state index contributed by atoms with van der Waals surface area (Å²) in [4.78, 5) is 19.7. The molecule has 1 spiro atoms. The predicted molar refractivity (Wildman–Crippen MR) is 399 cm³/mol. The Morgan fingerprint density at radius 2 is 1.18 bits per heavy atom. The predicted octanol–water partition coefficient (Wildman–Crippen LogP) is 13.9. The SMILES string of the molecule is CNC[C@H]1CCN(c2ccc3c(c2)Cn2cc(-c4ccc(C#N)cc4)cc2-c2nncn2-3)C1.Cc1cnc2n1-c1ccc(NC3CCN(C)C3)cc1Cn1cc(-c3ccc(C#N)cc3)cc1-2.Fc1ccc(-c2cc3n(c2)Cc2cc(N4CCC5(C4)CN(C4CCC4)C5)ccc2-n2ccnc2-3)cc1. The second-order valence-electron chi connectivity index (χ2n) is 29.5. The van der Waals surface area contributed by atoms with Gasteiger partial charge in [-0.25, -0.2) is 14.4 Å². The number of likely N-dealkylation sites (tertiary alicyclic amines) is 2. The molecule has 0 bridgehead atoms. The van der Waals surface area contributed by atoms with Crippen LogP contribution in [0.4, 0.5) is 21.5 Å². The number of hydrogen-bond acceptors (Lipinski definition) is 12. The van der Waals surface area contributed by atoms with E-state index in [1.54, 1.807) is 6.33 Å². The minimum absolute atomic E-state index is 0.210. The lowest BCUT2D eigenvalue weighted by molar-refractivity contribution is -0.0406. The number of aromatic nitrogens is 10. The first-order valence-electron chi connectivity index (χ1n) is 36.1. The van der Waals surface area contributed by atoms with E-state index in [4.69, 9.17) is 20.5 Å². The maximum absolute atomic E-state index is 13.5. The zero-order valence-corrected chi connectivity index (χ0v) is 57.9. The van der Waals surface area contributed by atoms with E-state index in [1.165, 1.54) is 115 Å². The molecule has 1 saturated carbocycles. The van der Waals surface area contributed by atoms with Gasteiger partial charge in [-0.1, -0.05) is 42.8 Å². The second-order valence-corrected chi connectivity index (χ2v) is 29.5. The normalized spacial score (nSPS) is 18.1. The molecule has 2 atom stereocenters. The largest absolute Gasteiger partial charge is 0.381 e. The molecule has 8 aliphatic rings. The Morgan fingerprint density at radius 3 is 1.78 bits per heavy atom. The number of hydrogen-bond donors (Lipinski definition) is 2. The van der Waals surface area contributed by atoms with Crippen molar-refractivity contribution in [3.63, 3.8) is 0 Å². The molecule has 19 heteroatoms. The van der Waals surface area contributed by atoms with Crippen molar-refractivity contribution >= 4 is 17.1 Å². The average molecular weight is 1350 g/mol.